The summed E-state index contributed by atoms with van der Waals surface area (Å²) in [6.07, 6.45) is -1.40. The van der Waals surface area contributed by atoms with Gasteiger partial charge in [-0.05, 0) is 0 Å². The summed E-state index contributed by atoms with van der Waals surface area (Å²) >= 11 is 0. The molecule has 2 unspecified atom stereocenters. The standard InChI is InChI=1S/C6H11O7P/c7-2-6-3-11-4(1-12-6)5(6)13-14(8,9)10/h4-5,7H,1-3H2,(H2,8,9,10)/t4?,5?,6-/m0/s1. The predicted molar refractivity (Wildman–Crippen MR) is 42.4 cm³/mol. The second-order valence-electron chi connectivity index (χ2n) is 3.40. The minimum atomic E-state index is -4.58. The number of hydrogen-bond acceptors (Lipinski definition) is 5. The highest BCUT2D eigenvalue weighted by molar-refractivity contribution is 7.46. The lowest BCUT2D eigenvalue weighted by atomic mass is 10.0. The SMILES string of the molecule is O=P(O)(O)OC1C2CO[C@@]1(CO)CO2. The van der Waals surface area contributed by atoms with Crippen molar-refractivity contribution in [3.8, 4) is 0 Å². The Morgan fingerprint density at radius 3 is 2.71 bits per heavy atom. The van der Waals surface area contributed by atoms with Gasteiger partial charge in [-0.2, -0.15) is 0 Å². The van der Waals surface area contributed by atoms with E-state index >= 15 is 0 Å². The summed E-state index contributed by atoms with van der Waals surface area (Å²) in [5.41, 5.74) is -1.11. The van der Waals surface area contributed by atoms with E-state index in [1.165, 1.54) is 0 Å². The monoisotopic (exact) mass is 226 g/mol. The average Bonchev–Trinajstić information content (AvgIpc) is 2.59. The van der Waals surface area contributed by atoms with Gasteiger partial charge < -0.3 is 24.4 Å². The minimum Gasteiger partial charge on any atom is -0.393 e. The van der Waals surface area contributed by atoms with Crippen molar-refractivity contribution in [1.82, 2.24) is 0 Å². The molecule has 2 rings (SSSR count). The van der Waals surface area contributed by atoms with E-state index in [1.54, 1.807) is 0 Å². The highest BCUT2D eigenvalue weighted by Crippen LogP contribution is 2.47. The Kier molecular flexibility index (Phi) is 2.43. The van der Waals surface area contributed by atoms with Crippen LogP contribution in [-0.4, -0.2) is 52.5 Å². The van der Waals surface area contributed by atoms with Gasteiger partial charge in [0.05, 0.1) is 19.8 Å². The van der Waals surface area contributed by atoms with Crippen molar-refractivity contribution < 1.29 is 33.5 Å². The fourth-order valence-electron chi connectivity index (χ4n) is 1.76. The van der Waals surface area contributed by atoms with Gasteiger partial charge in [0.1, 0.15) is 17.8 Å². The quantitative estimate of drug-likeness (QED) is 0.509. The Balaban J connectivity index is 2.15. The molecule has 0 aromatic rings. The molecule has 0 aliphatic carbocycles. The molecule has 2 aliphatic rings. The normalized spacial score (nSPS) is 41.9. The van der Waals surface area contributed by atoms with Crippen molar-refractivity contribution in [2.24, 2.45) is 0 Å². The molecule has 2 fully saturated rings. The molecular formula is C6H11O7P. The molecule has 0 aromatic carbocycles. The zero-order valence-corrected chi connectivity index (χ0v) is 8.09. The number of ether oxygens (including phenoxy) is 2. The van der Waals surface area contributed by atoms with Gasteiger partial charge in [-0.25, -0.2) is 4.57 Å². The lowest BCUT2D eigenvalue weighted by Gasteiger charge is -2.26. The highest BCUT2D eigenvalue weighted by atomic mass is 31.2. The fourth-order valence-corrected chi connectivity index (χ4v) is 2.38. The second-order valence-corrected chi connectivity index (χ2v) is 4.59. The summed E-state index contributed by atoms with van der Waals surface area (Å²) in [5, 5.41) is 9.07. The molecule has 0 saturated carbocycles. The molecular weight excluding hydrogens is 215 g/mol. The number of aliphatic hydroxyl groups excluding tert-OH is 1. The van der Waals surface area contributed by atoms with Gasteiger partial charge in [0.2, 0.25) is 0 Å². The maximum Gasteiger partial charge on any atom is 0.470 e. The summed E-state index contributed by atoms with van der Waals surface area (Å²) in [5.74, 6) is 0. The number of hydrogen-bond donors (Lipinski definition) is 3. The number of phosphoric acid groups is 1. The van der Waals surface area contributed by atoms with Crippen LogP contribution < -0.4 is 0 Å². The molecule has 2 bridgehead atoms. The topological polar surface area (TPSA) is 105 Å². The van der Waals surface area contributed by atoms with E-state index in [2.05, 4.69) is 4.52 Å². The van der Waals surface area contributed by atoms with E-state index in [-0.39, 0.29) is 19.8 Å². The van der Waals surface area contributed by atoms with Gasteiger partial charge in [0, 0.05) is 0 Å². The van der Waals surface area contributed by atoms with Crippen molar-refractivity contribution in [3.05, 3.63) is 0 Å². The van der Waals surface area contributed by atoms with Crippen LogP contribution in [0, 0.1) is 0 Å². The summed E-state index contributed by atoms with van der Waals surface area (Å²) in [6.45, 7) is -0.0990. The van der Waals surface area contributed by atoms with Gasteiger partial charge in [-0.15, -0.1) is 0 Å². The number of fused-ring (bicyclic) bond motifs is 2. The van der Waals surface area contributed by atoms with Crippen molar-refractivity contribution in [2.75, 3.05) is 19.8 Å². The molecule has 0 spiro atoms. The largest absolute Gasteiger partial charge is 0.470 e. The lowest BCUT2D eigenvalue weighted by Crippen LogP contribution is -2.44. The van der Waals surface area contributed by atoms with Crippen molar-refractivity contribution >= 4 is 7.82 Å². The Hall–Kier alpha value is -0.0100. The Morgan fingerprint density at radius 2 is 2.29 bits per heavy atom. The van der Waals surface area contributed by atoms with E-state index in [9.17, 15) is 4.57 Å². The van der Waals surface area contributed by atoms with Crippen molar-refractivity contribution in [2.45, 2.75) is 17.8 Å². The maximum atomic E-state index is 10.6. The van der Waals surface area contributed by atoms with Crippen LogP contribution in [0.15, 0.2) is 0 Å². The molecule has 2 heterocycles. The van der Waals surface area contributed by atoms with Gasteiger partial charge in [0.15, 0.2) is 0 Å². The smallest absolute Gasteiger partial charge is 0.393 e. The summed E-state index contributed by atoms with van der Waals surface area (Å²) in [6, 6.07) is 0. The van der Waals surface area contributed by atoms with E-state index in [0.717, 1.165) is 0 Å². The third-order valence-corrected chi connectivity index (χ3v) is 2.95. The Morgan fingerprint density at radius 1 is 1.57 bits per heavy atom. The molecule has 0 radical (unpaired) electrons. The molecule has 2 aliphatic heterocycles. The molecule has 3 N–H and O–H groups in total. The highest BCUT2D eigenvalue weighted by Gasteiger charge is 2.59. The van der Waals surface area contributed by atoms with Crippen LogP contribution in [0.25, 0.3) is 0 Å². The zero-order chi connectivity index (χ0) is 10.4. The average molecular weight is 226 g/mol. The summed E-state index contributed by atoms with van der Waals surface area (Å²) in [7, 11) is -4.58. The molecule has 2 saturated heterocycles. The summed E-state index contributed by atoms with van der Waals surface area (Å²) in [4.78, 5) is 17.3. The molecule has 7 nitrogen and oxygen atoms in total. The van der Waals surface area contributed by atoms with Crippen LogP contribution in [0.3, 0.4) is 0 Å². The van der Waals surface area contributed by atoms with E-state index in [0.29, 0.717) is 0 Å². The number of rotatable bonds is 3. The van der Waals surface area contributed by atoms with Crippen LogP contribution in [0.2, 0.25) is 0 Å². The third kappa shape index (κ3) is 1.61. The molecule has 0 aromatic heterocycles. The molecule has 8 heteroatoms. The van der Waals surface area contributed by atoms with Gasteiger partial charge in [-0.1, -0.05) is 0 Å². The van der Waals surface area contributed by atoms with E-state index in [4.69, 9.17) is 24.4 Å². The molecule has 14 heavy (non-hydrogen) atoms. The lowest BCUT2D eigenvalue weighted by molar-refractivity contribution is -0.122. The second kappa shape index (κ2) is 3.24. The first-order valence-electron chi connectivity index (χ1n) is 4.07. The zero-order valence-electron chi connectivity index (χ0n) is 7.20. The minimum absolute atomic E-state index is 0.0961. The number of aliphatic hydroxyl groups is 1. The first kappa shape index (κ1) is 10.5. The number of phosphoric ester groups is 1. The van der Waals surface area contributed by atoms with Crippen LogP contribution in [0.1, 0.15) is 0 Å². The first-order chi connectivity index (χ1) is 6.47. The predicted octanol–water partition coefficient (Wildman–Crippen LogP) is -1.38. The van der Waals surface area contributed by atoms with E-state index in [1.807, 2.05) is 0 Å². The first-order valence-corrected chi connectivity index (χ1v) is 5.60. The van der Waals surface area contributed by atoms with Crippen molar-refractivity contribution in [3.63, 3.8) is 0 Å². The van der Waals surface area contributed by atoms with Crippen molar-refractivity contribution in [1.29, 1.82) is 0 Å². The van der Waals surface area contributed by atoms with Gasteiger partial charge in [0.25, 0.3) is 0 Å². The fraction of sp³-hybridized carbons (Fsp3) is 1.00. The molecule has 82 valence electrons. The van der Waals surface area contributed by atoms with Crippen LogP contribution in [-0.2, 0) is 18.6 Å². The van der Waals surface area contributed by atoms with Gasteiger partial charge >= 0.3 is 7.82 Å². The Bertz CT molecular complexity index is 265. The maximum absolute atomic E-state index is 10.6. The van der Waals surface area contributed by atoms with Gasteiger partial charge in [-0.3, -0.25) is 4.52 Å². The summed E-state index contributed by atoms with van der Waals surface area (Å²) < 4.78 is 25.5. The van der Waals surface area contributed by atoms with Crippen LogP contribution in [0.4, 0.5) is 0 Å². The van der Waals surface area contributed by atoms with Crippen LogP contribution >= 0.6 is 7.82 Å². The third-order valence-electron chi connectivity index (χ3n) is 2.45. The molecule has 0 amide bonds. The molecule has 3 atom stereocenters. The van der Waals surface area contributed by atoms with E-state index < -0.39 is 25.6 Å². The van der Waals surface area contributed by atoms with Crippen LogP contribution in [0.5, 0.6) is 0 Å². The Labute approximate surface area is 79.8 Å².